The first-order chi connectivity index (χ1) is 9.47. The number of ether oxygens (including phenoxy) is 1. The van der Waals surface area contributed by atoms with Crippen molar-refractivity contribution in [3.05, 3.63) is 63.6 Å². The average Bonchev–Trinajstić information content (AvgIpc) is 2.39. The summed E-state index contributed by atoms with van der Waals surface area (Å²) < 4.78 is 33.2. The van der Waals surface area contributed by atoms with Crippen molar-refractivity contribution in [1.82, 2.24) is 0 Å². The molecule has 2 rings (SSSR count). The molecule has 2 N–H and O–H groups in total. The van der Waals surface area contributed by atoms with Gasteiger partial charge in [0.2, 0.25) is 0 Å². The van der Waals surface area contributed by atoms with Gasteiger partial charge in [-0.3, -0.25) is 0 Å². The fraction of sp³-hybridized carbons (Fsp3) is 0.200. The van der Waals surface area contributed by atoms with Crippen LogP contribution >= 0.6 is 15.9 Å². The van der Waals surface area contributed by atoms with Crippen LogP contribution in [0.2, 0.25) is 0 Å². The van der Waals surface area contributed by atoms with E-state index >= 15 is 0 Å². The van der Waals surface area contributed by atoms with Crippen LogP contribution in [-0.2, 0) is 6.61 Å². The van der Waals surface area contributed by atoms with Crippen LogP contribution in [0, 0.1) is 11.6 Å². The summed E-state index contributed by atoms with van der Waals surface area (Å²) in [7, 11) is 0. The van der Waals surface area contributed by atoms with Crippen LogP contribution in [0.3, 0.4) is 0 Å². The molecular formula is C15H14BrF2NO. The number of hydrogen-bond donors (Lipinski definition) is 1. The summed E-state index contributed by atoms with van der Waals surface area (Å²) in [5.41, 5.74) is 6.87. The molecule has 0 fully saturated rings. The van der Waals surface area contributed by atoms with Crippen molar-refractivity contribution < 1.29 is 13.5 Å². The Morgan fingerprint density at radius 1 is 1.20 bits per heavy atom. The molecule has 0 aliphatic heterocycles. The summed E-state index contributed by atoms with van der Waals surface area (Å²) in [5, 5.41) is 0. The van der Waals surface area contributed by atoms with Gasteiger partial charge in [0, 0.05) is 27.7 Å². The van der Waals surface area contributed by atoms with E-state index in [9.17, 15) is 8.78 Å². The molecule has 1 atom stereocenters. The minimum atomic E-state index is -0.417. The third-order valence-corrected chi connectivity index (χ3v) is 3.35. The summed E-state index contributed by atoms with van der Waals surface area (Å²) in [4.78, 5) is 0. The minimum absolute atomic E-state index is 0.00838. The highest BCUT2D eigenvalue weighted by molar-refractivity contribution is 9.10. The van der Waals surface area contributed by atoms with E-state index in [1.165, 1.54) is 18.2 Å². The third kappa shape index (κ3) is 3.55. The molecule has 0 radical (unpaired) electrons. The monoisotopic (exact) mass is 341 g/mol. The van der Waals surface area contributed by atoms with Gasteiger partial charge in [0.05, 0.1) is 0 Å². The van der Waals surface area contributed by atoms with E-state index in [0.717, 1.165) is 4.47 Å². The smallest absolute Gasteiger partial charge is 0.129 e. The van der Waals surface area contributed by atoms with Crippen molar-refractivity contribution in [2.45, 2.75) is 19.6 Å². The Labute approximate surface area is 124 Å². The van der Waals surface area contributed by atoms with Crippen molar-refractivity contribution in [3.8, 4) is 5.75 Å². The zero-order chi connectivity index (χ0) is 14.7. The van der Waals surface area contributed by atoms with Crippen molar-refractivity contribution in [2.24, 2.45) is 5.73 Å². The largest absolute Gasteiger partial charge is 0.488 e. The quantitative estimate of drug-likeness (QED) is 0.898. The van der Waals surface area contributed by atoms with Gasteiger partial charge in [0.1, 0.15) is 24.0 Å². The Morgan fingerprint density at radius 2 is 1.95 bits per heavy atom. The van der Waals surface area contributed by atoms with Crippen LogP contribution in [0.5, 0.6) is 5.75 Å². The van der Waals surface area contributed by atoms with Gasteiger partial charge in [-0.15, -0.1) is 0 Å². The van der Waals surface area contributed by atoms with Gasteiger partial charge in [0.15, 0.2) is 0 Å². The van der Waals surface area contributed by atoms with Gasteiger partial charge >= 0.3 is 0 Å². The van der Waals surface area contributed by atoms with Crippen molar-refractivity contribution >= 4 is 15.9 Å². The molecule has 0 saturated carbocycles. The fourth-order valence-corrected chi connectivity index (χ4v) is 2.23. The zero-order valence-corrected chi connectivity index (χ0v) is 12.5. The molecule has 2 aromatic rings. The maximum atomic E-state index is 13.6. The van der Waals surface area contributed by atoms with Crippen molar-refractivity contribution in [3.63, 3.8) is 0 Å². The van der Waals surface area contributed by atoms with Gasteiger partial charge in [-0.2, -0.15) is 0 Å². The van der Waals surface area contributed by atoms with Crippen LogP contribution in [0.15, 0.2) is 40.9 Å². The van der Waals surface area contributed by atoms with Crippen LogP contribution < -0.4 is 10.5 Å². The molecule has 0 spiro atoms. The first-order valence-electron chi connectivity index (χ1n) is 6.09. The van der Waals surface area contributed by atoms with Crippen molar-refractivity contribution in [1.29, 1.82) is 0 Å². The minimum Gasteiger partial charge on any atom is -0.488 e. The SMILES string of the molecule is C[C@@H](N)c1ccc(F)cc1OCc1cc(Br)ccc1F. The van der Waals surface area contributed by atoms with E-state index < -0.39 is 5.82 Å². The molecule has 0 aliphatic carbocycles. The van der Waals surface area contributed by atoms with Gasteiger partial charge in [-0.25, -0.2) is 8.78 Å². The molecule has 0 aliphatic rings. The Hall–Kier alpha value is -1.46. The molecule has 0 heterocycles. The van der Waals surface area contributed by atoms with E-state index in [0.29, 0.717) is 16.9 Å². The molecule has 2 nitrogen and oxygen atoms in total. The maximum absolute atomic E-state index is 13.6. The Kier molecular flexibility index (Phi) is 4.73. The molecule has 20 heavy (non-hydrogen) atoms. The van der Waals surface area contributed by atoms with Crippen LogP contribution in [0.25, 0.3) is 0 Å². The molecular weight excluding hydrogens is 328 g/mol. The normalized spacial score (nSPS) is 12.2. The predicted octanol–water partition coefficient (Wildman–Crippen LogP) is 4.33. The lowest BCUT2D eigenvalue weighted by Gasteiger charge is -2.14. The number of benzene rings is 2. The van der Waals surface area contributed by atoms with E-state index in [2.05, 4.69) is 15.9 Å². The lowest BCUT2D eigenvalue weighted by Crippen LogP contribution is -2.09. The second-order valence-corrected chi connectivity index (χ2v) is 5.41. The molecule has 0 unspecified atom stereocenters. The predicted molar refractivity (Wildman–Crippen MR) is 77.4 cm³/mol. The van der Waals surface area contributed by atoms with Gasteiger partial charge < -0.3 is 10.5 Å². The van der Waals surface area contributed by atoms with E-state index in [1.807, 2.05) is 0 Å². The molecule has 0 bridgehead atoms. The molecule has 0 saturated heterocycles. The highest BCUT2D eigenvalue weighted by atomic mass is 79.9. The van der Waals surface area contributed by atoms with Gasteiger partial charge in [-0.1, -0.05) is 22.0 Å². The maximum Gasteiger partial charge on any atom is 0.129 e. The van der Waals surface area contributed by atoms with E-state index in [-0.39, 0.29) is 18.5 Å². The fourth-order valence-electron chi connectivity index (χ4n) is 1.82. The number of nitrogens with two attached hydrogens (primary N) is 1. The average molecular weight is 342 g/mol. The lowest BCUT2D eigenvalue weighted by molar-refractivity contribution is 0.293. The standard InChI is InChI=1S/C15H14BrF2NO/c1-9(19)13-4-3-12(17)7-15(13)20-8-10-6-11(16)2-5-14(10)18/h2-7,9H,8,19H2,1H3/t9-/m1/s1. The third-order valence-electron chi connectivity index (χ3n) is 2.86. The van der Waals surface area contributed by atoms with Crippen LogP contribution in [0.4, 0.5) is 8.78 Å². The second-order valence-electron chi connectivity index (χ2n) is 4.50. The highest BCUT2D eigenvalue weighted by Crippen LogP contribution is 2.26. The summed E-state index contributed by atoms with van der Waals surface area (Å²) in [6.07, 6.45) is 0. The first kappa shape index (κ1) is 14.9. The summed E-state index contributed by atoms with van der Waals surface area (Å²) in [6, 6.07) is 8.44. The number of hydrogen-bond acceptors (Lipinski definition) is 2. The summed E-state index contributed by atoms with van der Waals surface area (Å²) >= 11 is 3.27. The topological polar surface area (TPSA) is 35.2 Å². The van der Waals surface area contributed by atoms with Crippen LogP contribution in [-0.4, -0.2) is 0 Å². The van der Waals surface area contributed by atoms with E-state index in [1.54, 1.807) is 25.1 Å². The Balaban J connectivity index is 2.22. The van der Waals surface area contributed by atoms with Crippen molar-refractivity contribution in [2.75, 3.05) is 0 Å². The summed E-state index contributed by atoms with van der Waals surface area (Å²) in [6.45, 7) is 1.79. The van der Waals surface area contributed by atoms with E-state index in [4.69, 9.17) is 10.5 Å². The van der Waals surface area contributed by atoms with Gasteiger partial charge in [0.25, 0.3) is 0 Å². The number of halogens is 3. The Morgan fingerprint density at radius 3 is 2.65 bits per heavy atom. The molecule has 0 amide bonds. The lowest BCUT2D eigenvalue weighted by atomic mass is 10.1. The highest BCUT2D eigenvalue weighted by Gasteiger charge is 2.11. The molecule has 106 valence electrons. The Bertz CT molecular complexity index is 617. The second kappa shape index (κ2) is 6.33. The summed E-state index contributed by atoms with van der Waals surface area (Å²) in [5.74, 6) is -0.453. The van der Waals surface area contributed by atoms with Crippen LogP contribution in [0.1, 0.15) is 24.1 Å². The zero-order valence-electron chi connectivity index (χ0n) is 10.9. The number of rotatable bonds is 4. The van der Waals surface area contributed by atoms with Gasteiger partial charge in [-0.05, 0) is 31.2 Å². The molecule has 0 aromatic heterocycles. The molecule has 5 heteroatoms. The first-order valence-corrected chi connectivity index (χ1v) is 6.88. The molecule has 2 aromatic carbocycles.